The number of benzene rings is 1. The summed E-state index contributed by atoms with van der Waals surface area (Å²) in [7, 11) is 0. The molecule has 0 bridgehead atoms. The van der Waals surface area contributed by atoms with Crippen LogP contribution in [0.1, 0.15) is 26.2 Å². The molecule has 1 heterocycles. The summed E-state index contributed by atoms with van der Waals surface area (Å²) in [6.07, 6.45) is 1.81. The number of unbranched alkanes of at least 4 members (excludes halogenated alkanes) is 1. The summed E-state index contributed by atoms with van der Waals surface area (Å²) in [4.78, 5) is 36.2. The zero-order valence-corrected chi connectivity index (χ0v) is 13.8. The van der Waals surface area contributed by atoms with Crippen LogP contribution in [-0.2, 0) is 19.1 Å². The van der Waals surface area contributed by atoms with E-state index in [0.717, 1.165) is 23.4 Å². The van der Waals surface area contributed by atoms with Gasteiger partial charge in [-0.05, 0) is 18.6 Å². The third-order valence-corrected chi connectivity index (χ3v) is 4.55. The maximum atomic E-state index is 12.0. The molecule has 0 saturated carbocycles. The van der Waals surface area contributed by atoms with Gasteiger partial charge in [0, 0.05) is 11.4 Å². The van der Waals surface area contributed by atoms with E-state index in [0.29, 0.717) is 6.54 Å². The van der Waals surface area contributed by atoms with Gasteiger partial charge in [-0.2, -0.15) is 0 Å². The minimum absolute atomic E-state index is 0.0624. The first-order chi connectivity index (χ1) is 11.1. The van der Waals surface area contributed by atoms with Gasteiger partial charge in [0.1, 0.15) is 0 Å². The van der Waals surface area contributed by atoms with Crippen LogP contribution >= 0.6 is 11.8 Å². The molecular formula is C16H20N2O4S. The van der Waals surface area contributed by atoms with Crippen molar-refractivity contribution in [2.45, 2.75) is 36.3 Å². The van der Waals surface area contributed by atoms with Crippen molar-refractivity contribution in [3.05, 3.63) is 24.3 Å². The van der Waals surface area contributed by atoms with Crippen molar-refractivity contribution in [3.63, 3.8) is 0 Å². The topological polar surface area (TPSA) is 84.5 Å². The Morgan fingerprint density at radius 1 is 1.35 bits per heavy atom. The predicted molar refractivity (Wildman–Crippen MR) is 88.2 cm³/mol. The molecule has 0 aromatic heterocycles. The molecule has 1 aliphatic heterocycles. The Morgan fingerprint density at radius 3 is 2.91 bits per heavy atom. The van der Waals surface area contributed by atoms with Gasteiger partial charge in [-0.25, -0.2) is 0 Å². The molecule has 0 aliphatic carbocycles. The van der Waals surface area contributed by atoms with Crippen LogP contribution < -0.4 is 10.6 Å². The summed E-state index contributed by atoms with van der Waals surface area (Å²) < 4.78 is 4.93. The van der Waals surface area contributed by atoms with E-state index in [1.165, 1.54) is 11.8 Å². The molecule has 2 rings (SSSR count). The van der Waals surface area contributed by atoms with Crippen molar-refractivity contribution < 1.29 is 19.1 Å². The van der Waals surface area contributed by atoms with Gasteiger partial charge in [0.2, 0.25) is 5.91 Å². The van der Waals surface area contributed by atoms with Gasteiger partial charge < -0.3 is 15.4 Å². The molecule has 0 fully saturated rings. The highest BCUT2D eigenvalue weighted by Crippen LogP contribution is 2.36. The highest BCUT2D eigenvalue weighted by molar-refractivity contribution is 8.01. The lowest BCUT2D eigenvalue weighted by molar-refractivity contribution is -0.149. The summed E-state index contributed by atoms with van der Waals surface area (Å²) in [5, 5.41) is 4.89. The fourth-order valence-electron chi connectivity index (χ4n) is 2.04. The Labute approximate surface area is 139 Å². The zero-order valence-electron chi connectivity index (χ0n) is 13.0. The number of ether oxygens (including phenoxy) is 1. The quantitative estimate of drug-likeness (QED) is 0.587. The molecular weight excluding hydrogens is 316 g/mol. The Bertz CT molecular complexity index is 591. The monoisotopic (exact) mass is 336 g/mol. The lowest BCUT2D eigenvalue weighted by Crippen LogP contribution is -2.33. The van der Waals surface area contributed by atoms with Gasteiger partial charge in [-0.3, -0.25) is 14.4 Å². The molecule has 1 aromatic rings. The van der Waals surface area contributed by atoms with E-state index in [1.807, 2.05) is 31.2 Å². The highest BCUT2D eigenvalue weighted by Gasteiger charge is 2.29. The number of anilines is 1. The smallest absolute Gasteiger partial charge is 0.307 e. The molecule has 0 unspecified atom stereocenters. The molecule has 1 aromatic carbocycles. The number of nitrogens with one attached hydrogen (secondary N) is 2. The third-order valence-electron chi connectivity index (χ3n) is 3.28. The van der Waals surface area contributed by atoms with Crippen LogP contribution in [0.4, 0.5) is 5.69 Å². The maximum absolute atomic E-state index is 12.0. The molecule has 6 nitrogen and oxygen atoms in total. The zero-order chi connectivity index (χ0) is 16.7. The summed E-state index contributed by atoms with van der Waals surface area (Å²) in [5.41, 5.74) is 0.752. The number of esters is 1. The van der Waals surface area contributed by atoms with Gasteiger partial charge in [0.05, 0.1) is 17.4 Å². The predicted octanol–water partition coefficient (Wildman–Crippen LogP) is 1.95. The molecule has 124 valence electrons. The fraction of sp³-hybridized carbons (Fsp3) is 0.438. The van der Waals surface area contributed by atoms with Gasteiger partial charge >= 0.3 is 5.97 Å². The summed E-state index contributed by atoms with van der Waals surface area (Å²) in [6, 6.07) is 7.42. The largest absolute Gasteiger partial charge is 0.456 e. The first-order valence-corrected chi connectivity index (χ1v) is 8.47. The highest BCUT2D eigenvalue weighted by atomic mass is 32.2. The number of carbonyl (C=O) groups is 3. The van der Waals surface area contributed by atoms with Crippen LogP contribution in [0.3, 0.4) is 0 Å². The van der Waals surface area contributed by atoms with E-state index in [9.17, 15) is 14.4 Å². The molecule has 1 atom stereocenters. The SMILES string of the molecule is CCCCNC(=O)COC(=O)C[C@@H]1Sc2ccccc2NC1=O. The molecule has 0 radical (unpaired) electrons. The number of para-hydroxylation sites is 1. The van der Waals surface area contributed by atoms with Gasteiger partial charge in [0.15, 0.2) is 6.61 Å². The minimum Gasteiger partial charge on any atom is -0.456 e. The number of hydrogen-bond acceptors (Lipinski definition) is 5. The number of hydrogen-bond donors (Lipinski definition) is 2. The van der Waals surface area contributed by atoms with E-state index >= 15 is 0 Å². The molecule has 0 saturated heterocycles. The first-order valence-electron chi connectivity index (χ1n) is 7.59. The van der Waals surface area contributed by atoms with E-state index in [4.69, 9.17) is 4.74 Å². The Kier molecular flexibility index (Phi) is 6.46. The minimum atomic E-state index is -0.553. The number of fused-ring (bicyclic) bond motifs is 1. The van der Waals surface area contributed by atoms with Crippen LogP contribution in [0.15, 0.2) is 29.2 Å². The van der Waals surface area contributed by atoms with Crippen molar-refractivity contribution in [2.24, 2.45) is 0 Å². The molecule has 1 aliphatic rings. The van der Waals surface area contributed by atoms with Crippen LogP contribution in [0.2, 0.25) is 0 Å². The van der Waals surface area contributed by atoms with Crippen LogP contribution in [0.25, 0.3) is 0 Å². The van der Waals surface area contributed by atoms with Gasteiger partial charge in [-0.15, -0.1) is 11.8 Å². The summed E-state index contributed by atoms with van der Waals surface area (Å²) in [6.45, 7) is 2.29. The Morgan fingerprint density at radius 2 is 2.13 bits per heavy atom. The number of amides is 2. The van der Waals surface area contributed by atoms with E-state index in [-0.39, 0.29) is 24.8 Å². The fourth-order valence-corrected chi connectivity index (χ4v) is 3.13. The number of thioether (sulfide) groups is 1. The summed E-state index contributed by atoms with van der Waals surface area (Å²) >= 11 is 1.33. The lowest BCUT2D eigenvalue weighted by atomic mass is 10.2. The van der Waals surface area contributed by atoms with Crippen LogP contribution in [-0.4, -0.2) is 36.2 Å². The van der Waals surface area contributed by atoms with Crippen molar-refractivity contribution in [2.75, 3.05) is 18.5 Å². The second kappa shape index (κ2) is 8.57. The summed E-state index contributed by atoms with van der Waals surface area (Å²) in [5.74, 6) is -1.10. The van der Waals surface area contributed by atoms with Crippen molar-refractivity contribution in [1.82, 2.24) is 5.32 Å². The average Bonchev–Trinajstić information content (AvgIpc) is 2.54. The normalized spacial score (nSPS) is 16.2. The third kappa shape index (κ3) is 5.28. The molecule has 2 amide bonds. The Hall–Kier alpha value is -2.02. The standard InChI is InChI=1S/C16H20N2O4S/c1-2-3-8-17-14(19)10-22-15(20)9-13-16(21)18-11-6-4-5-7-12(11)23-13/h4-7,13H,2-3,8-10H2,1H3,(H,17,19)(H,18,21)/t13-/m0/s1. The molecule has 23 heavy (non-hydrogen) atoms. The Balaban J connectivity index is 1.77. The van der Waals surface area contributed by atoms with E-state index < -0.39 is 11.2 Å². The average molecular weight is 336 g/mol. The van der Waals surface area contributed by atoms with Crippen molar-refractivity contribution >= 4 is 35.2 Å². The lowest BCUT2D eigenvalue weighted by Gasteiger charge is -2.23. The van der Waals surface area contributed by atoms with Gasteiger partial charge in [0.25, 0.3) is 5.91 Å². The second-order valence-electron chi connectivity index (χ2n) is 5.16. The second-order valence-corrected chi connectivity index (χ2v) is 6.40. The van der Waals surface area contributed by atoms with Gasteiger partial charge in [-0.1, -0.05) is 25.5 Å². The van der Waals surface area contributed by atoms with E-state index in [1.54, 1.807) is 0 Å². The number of carbonyl (C=O) groups excluding carboxylic acids is 3. The first kappa shape index (κ1) is 17.3. The van der Waals surface area contributed by atoms with Crippen molar-refractivity contribution in [3.8, 4) is 0 Å². The molecule has 7 heteroatoms. The van der Waals surface area contributed by atoms with Crippen LogP contribution in [0.5, 0.6) is 0 Å². The maximum Gasteiger partial charge on any atom is 0.307 e. The molecule has 0 spiro atoms. The van der Waals surface area contributed by atoms with Crippen LogP contribution in [0, 0.1) is 0 Å². The van der Waals surface area contributed by atoms with Crippen molar-refractivity contribution in [1.29, 1.82) is 0 Å². The number of rotatable bonds is 7. The molecule has 2 N–H and O–H groups in total. The van der Waals surface area contributed by atoms with E-state index in [2.05, 4.69) is 10.6 Å².